The molecule has 0 fully saturated rings. The van der Waals surface area contributed by atoms with Gasteiger partial charge in [0, 0.05) is 41.3 Å². The summed E-state index contributed by atoms with van der Waals surface area (Å²) in [4.78, 5) is 21.8. The van der Waals surface area contributed by atoms with Crippen LogP contribution in [0, 0.1) is 12.7 Å². The van der Waals surface area contributed by atoms with Crippen molar-refractivity contribution in [1.82, 2.24) is 14.4 Å². The van der Waals surface area contributed by atoms with Crippen molar-refractivity contribution in [3.05, 3.63) is 102 Å². The van der Waals surface area contributed by atoms with Gasteiger partial charge in [0.15, 0.2) is 0 Å². The van der Waals surface area contributed by atoms with Crippen LogP contribution in [0.2, 0.25) is 0 Å². The lowest BCUT2D eigenvalue weighted by molar-refractivity contribution is 0.102. The normalized spacial score (nSPS) is 11.1. The third kappa shape index (κ3) is 4.00. The molecule has 7 heteroatoms. The Kier molecular flexibility index (Phi) is 4.99. The molecule has 3 heterocycles. The van der Waals surface area contributed by atoms with Crippen LogP contribution < -0.4 is 10.1 Å². The van der Waals surface area contributed by atoms with Crippen LogP contribution in [-0.2, 0) is 6.61 Å². The molecular formula is C25H19FN4O2. The van der Waals surface area contributed by atoms with Gasteiger partial charge in [-0.05, 0) is 49.4 Å². The molecule has 0 aliphatic heterocycles. The van der Waals surface area contributed by atoms with E-state index < -0.39 is 5.82 Å². The number of halogens is 1. The number of nitrogens with one attached hydrogen (secondary N) is 1. The summed E-state index contributed by atoms with van der Waals surface area (Å²) < 4.78 is 21.4. The molecule has 32 heavy (non-hydrogen) atoms. The first-order valence-electron chi connectivity index (χ1n) is 10.1. The van der Waals surface area contributed by atoms with Crippen molar-refractivity contribution in [3.8, 4) is 5.75 Å². The van der Waals surface area contributed by atoms with Crippen molar-refractivity contribution in [2.45, 2.75) is 13.5 Å². The number of pyridine rings is 2. The zero-order valence-corrected chi connectivity index (χ0v) is 17.2. The zero-order valence-electron chi connectivity index (χ0n) is 17.2. The largest absolute Gasteiger partial charge is 0.487 e. The molecule has 5 rings (SSSR count). The number of ether oxygens (including phenoxy) is 1. The van der Waals surface area contributed by atoms with Gasteiger partial charge < -0.3 is 14.5 Å². The standard InChI is InChI=1S/C25H19FN4O2/c1-16-11-22(21-9-8-17(26)12-23(21)27-16)25(31)29-18-5-4-6-20(13-18)32-15-19-14-30-10-3-2-7-24(30)28-19/h2-14H,15H2,1H3,(H,29,31). The van der Waals surface area contributed by atoms with Crippen LogP contribution in [0.15, 0.2) is 79.1 Å². The third-order valence-electron chi connectivity index (χ3n) is 5.04. The summed E-state index contributed by atoms with van der Waals surface area (Å²) in [5.41, 5.74) is 3.76. The second-order valence-corrected chi connectivity index (χ2v) is 7.44. The van der Waals surface area contributed by atoms with Crippen molar-refractivity contribution in [3.63, 3.8) is 0 Å². The molecule has 1 N–H and O–H groups in total. The molecule has 0 unspecified atom stereocenters. The van der Waals surface area contributed by atoms with Gasteiger partial charge in [0.05, 0.1) is 16.8 Å². The number of carbonyl (C=O) groups is 1. The van der Waals surface area contributed by atoms with Crippen LogP contribution >= 0.6 is 0 Å². The van der Waals surface area contributed by atoms with Crippen LogP contribution in [0.5, 0.6) is 5.75 Å². The minimum Gasteiger partial charge on any atom is -0.487 e. The molecule has 0 radical (unpaired) electrons. The Balaban J connectivity index is 1.33. The molecule has 5 aromatic rings. The van der Waals surface area contributed by atoms with E-state index in [0.717, 1.165) is 11.3 Å². The molecule has 158 valence electrons. The Morgan fingerprint density at radius 3 is 2.84 bits per heavy atom. The Labute approximate surface area is 183 Å². The highest BCUT2D eigenvalue weighted by Crippen LogP contribution is 2.23. The molecule has 0 atom stereocenters. The van der Waals surface area contributed by atoms with Gasteiger partial charge in [0.2, 0.25) is 0 Å². The number of nitrogens with zero attached hydrogens (tertiary/aromatic N) is 3. The number of fused-ring (bicyclic) bond motifs is 2. The fourth-order valence-electron chi connectivity index (χ4n) is 3.60. The number of aryl methyl sites for hydroxylation is 1. The number of rotatable bonds is 5. The minimum absolute atomic E-state index is 0.301. The quantitative estimate of drug-likeness (QED) is 0.421. The highest BCUT2D eigenvalue weighted by atomic mass is 19.1. The van der Waals surface area contributed by atoms with Crippen LogP contribution in [0.25, 0.3) is 16.6 Å². The fourth-order valence-corrected chi connectivity index (χ4v) is 3.60. The van der Waals surface area contributed by atoms with Crippen LogP contribution in [0.1, 0.15) is 21.7 Å². The van der Waals surface area contributed by atoms with Crippen molar-refractivity contribution in [2.75, 3.05) is 5.32 Å². The van der Waals surface area contributed by atoms with Gasteiger partial charge in [-0.15, -0.1) is 0 Å². The SMILES string of the molecule is Cc1cc(C(=O)Nc2cccc(OCc3cn4ccccc4n3)c2)c2ccc(F)cc2n1. The monoisotopic (exact) mass is 426 g/mol. The van der Waals surface area contributed by atoms with Crippen LogP contribution in [0.4, 0.5) is 10.1 Å². The third-order valence-corrected chi connectivity index (χ3v) is 5.04. The molecule has 0 aliphatic carbocycles. The van der Waals surface area contributed by atoms with E-state index in [2.05, 4.69) is 15.3 Å². The van der Waals surface area contributed by atoms with E-state index in [1.54, 1.807) is 37.3 Å². The Bertz CT molecular complexity index is 1420. The van der Waals surface area contributed by atoms with Gasteiger partial charge in [-0.3, -0.25) is 9.78 Å². The number of anilines is 1. The molecular weight excluding hydrogens is 407 g/mol. The maximum absolute atomic E-state index is 13.6. The lowest BCUT2D eigenvalue weighted by Gasteiger charge is -2.11. The van der Waals surface area contributed by atoms with Crippen molar-refractivity contribution in [2.24, 2.45) is 0 Å². The highest BCUT2D eigenvalue weighted by Gasteiger charge is 2.13. The van der Waals surface area contributed by atoms with E-state index in [1.165, 1.54) is 12.1 Å². The van der Waals surface area contributed by atoms with E-state index in [9.17, 15) is 9.18 Å². The summed E-state index contributed by atoms with van der Waals surface area (Å²) in [6, 6.07) is 18.9. The molecule has 3 aromatic heterocycles. The van der Waals surface area contributed by atoms with Gasteiger partial charge in [-0.1, -0.05) is 12.1 Å². The van der Waals surface area contributed by atoms with Gasteiger partial charge in [-0.25, -0.2) is 9.37 Å². The highest BCUT2D eigenvalue weighted by molar-refractivity contribution is 6.12. The number of carbonyl (C=O) groups excluding carboxylic acids is 1. The lowest BCUT2D eigenvalue weighted by Crippen LogP contribution is -2.13. The second kappa shape index (κ2) is 8.11. The number of hydrogen-bond donors (Lipinski definition) is 1. The molecule has 0 saturated heterocycles. The predicted octanol–water partition coefficient (Wildman–Crippen LogP) is 5.16. The fraction of sp³-hybridized carbons (Fsp3) is 0.0800. The maximum Gasteiger partial charge on any atom is 0.256 e. The number of imidazole rings is 1. The summed E-state index contributed by atoms with van der Waals surface area (Å²) in [5.74, 6) is -0.0836. The molecule has 0 aliphatic rings. The topological polar surface area (TPSA) is 68.5 Å². The lowest BCUT2D eigenvalue weighted by atomic mass is 10.1. The van der Waals surface area contributed by atoms with Crippen LogP contribution in [0.3, 0.4) is 0 Å². The summed E-state index contributed by atoms with van der Waals surface area (Å²) in [7, 11) is 0. The summed E-state index contributed by atoms with van der Waals surface area (Å²) in [6.45, 7) is 2.08. The molecule has 2 aromatic carbocycles. The number of amides is 1. The predicted molar refractivity (Wildman–Crippen MR) is 120 cm³/mol. The van der Waals surface area contributed by atoms with Crippen molar-refractivity contribution in [1.29, 1.82) is 0 Å². The molecule has 0 saturated carbocycles. The van der Waals surface area contributed by atoms with E-state index in [-0.39, 0.29) is 5.91 Å². The van der Waals surface area contributed by atoms with Gasteiger partial charge >= 0.3 is 0 Å². The molecule has 1 amide bonds. The minimum atomic E-state index is -0.391. The first-order chi connectivity index (χ1) is 15.5. The maximum atomic E-state index is 13.6. The summed E-state index contributed by atoms with van der Waals surface area (Å²) >= 11 is 0. The summed E-state index contributed by atoms with van der Waals surface area (Å²) in [6.07, 6.45) is 3.85. The molecule has 0 spiro atoms. The molecule has 6 nitrogen and oxygen atoms in total. The van der Waals surface area contributed by atoms with E-state index in [1.807, 2.05) is 41.1 Å². The Hall–Kier alpha value is -4.26. The summed E-state index contributed by atoms with van der Waals surface area (Å²) in [5, 5.41) is 3.48. The average molecular weight is 426 g/mol. The van der Waals surface area contributed by atoms with E-state index >= 15 is 0 Å². The Morgan fingerprint density at radius 1 is 1.06 bits per heavy atom. The molecule has 0 bridgehead atoms. The first-order valence-corrected chi connectivity index (χ1v) is 10.1. The van der Waals surface area contributed by atoms with E-state index in [0.29, 0.717) is 40.2 Å². The number of hydrogen-bond acceptors (Lipinski definition) is 4. The van der Waals surface area contributed by atoms with Crippen molar-refractivity contribution >= 4 is 28.1 Å². The van der Waals surface area contributed by atoms with Crippen LogP contribution in [-0.4, -0.2) is 20.3 Å². The second-order valence-electron chi connectivity index (χ2n) is 7.44. The van der Waals surface area contributed by atoms with Gasteiger partial charge in [0.25, 0.3) is 5.91 Å². The first kappa shape index (κ1) is 19.7. The van der Waals surface area contributed by atoms with Gasteiger partial charge in [-0.2, -0.15) is 0 Å². The zero-order chi connectivity index (χ0) is 22.1. The van der Waals surface area contributed by atoms with Crippen molar-refractivity contribution < 1.29 is 13.9 Å². The average Bonchev–Trinajstić information content (AvgIpc) is 3.20. The van der Waals surface area contributed by atoms with Gasteiger partial charge in [0.1, 0.15) is 23.8 Å². The number of aromatic nitrogens is 3. The number of benzene rings is 2. The smallest absolute Gasteiger partial charge is 0.256 e. The Morgan fingerprint density at radius 2 is 1.97 bits per heavy atom. The van der Waals surface area contributed by atoms with E-state index in [4.69, 9.17) is 4.74 Å².